The summed E-state index contributed by atoms with van der Waals surface area (Å²) in [5.74, 6) is 1.60. The number of methoxy groups -OCH3 is 1. The van der Waals surface area contributed by atoms with Crippen LogP contribution in [0.3, 0.4) is 0 Å². The Bertz CT molecular complexity index is 376. The van der Waals surface area contributed by atoms with Crippen molar-refractivity contribution in [2.45, 2.75) is 6.42 Å². The van der Waals surface area contributed by atoms with Crippen LogP contribution in [0.5, 0.6) is 5.75 Å². The van der Waals surface area contributed by atoms with E-state index in [4.69, 9.17) is 4.74 Å². The summed E-state index contributed by atoms with van der Waals surface area (Å²) >= 11 is 0. The Balaban J connectivity index is 1.96. The zero-order chi connectivity index (χ0) is 11.2. The van der Waals surface area contributed by atoms with Crippen molar-refractivity contribution in [3.63, 3.8) is 0 Å². The van der Waals surface area contributed by atoms with Crippen LogP contribution in [0, 0.1) is 0 Å². The van der Waals surface area contributed by atoms with Gasteiger partial charge in [-0.25, -0.2) is 4.98 Å². The average molecular weight is 219 g/mol. The lowest BCUT2D eigenvalue weighted by Crippen LogP contribution is -2.23. The van der Waals surface area contributed by atoms with Gasteiger partial charge in [0.2, 0.25) is 0 Å². The first kappa shape index (κ1) is 11.0. The van der Waals surface area contributed by atoms with E-state index in [2.05, 4.69) is 21.7 Å². The summed E-state index contributed by atoms with van der Waals surface area (Å²) in [5.41, 5.74) is 1.42. The van der Waals surface area contributed by atoms with Crippen LogP contribution in [0.1, 0.15) is 6.42 Å². The summed E-state index contributed by atoms with van der Waals surface area (Å²) in [6.07, 6.45) is 5.09. The van der Waals surface area contributed by atoms with Gasteiger partial charge < -0.3 is 15.4 Å². The van der Waals surface area contributed by atoms with E-state index < -0.39 is 0 Å². The first-order valence-electron chi connectivity index (χ1n) is 5.51. The summed E-state index contributed by atoms with van der Waals surface area (Å²) in [6.45, 7) is 2.87. The molecule has 86 valence electrons. The molecule has 0 saturated heterocycles. The molecule has 1 aliphatic rings. The second kappa shape index (κ2) is 5.51. The molecule has 2 heterocycles. The quantitative estimate of drug-likeness (QED) is 0.752. The Labute approximate surface area is 95.7 Å². The zero-order valence-electron chi connectivity index (χ0n) is 9.49. The van der Waals surface area contributed by atoms with Crippen LogP contribution < -0.4 is 15.4 Å². The third kappa shape index (κ3) is 2.73. The molecule has 0 saturated carbocycles. The van der Waals surface area contributed by atoms with Crippen molar-refractivity contribution in [2.75, 3.05) is 32.1 Å². The van der Waals surface area contributed by atoms with Gasteiger partial charge in [-0.3, -0.25) is 0 Å². The van der Waals surface area contributed by atoms with E-state index in [1.165, 1.54) is 5.57 Å². The van der Waals surface area contributed by atoms with E-state index in [-0.39, 0.29) is 0 Å². The van der Waals surface area contributed by atoms with Crippen molar-refractivity contribution < 1.29 is 4.74 Å². The summed E-state index contributed by atoms with van der Waals surface area (Å²) in [5, 5.41) is 6.59. The molecular formula is C12H17N3O. The third-order valence-corrected chi connectivity index (χ3v) is 2.63. The summed E-state index contributed by atoms with van der Waals surface area (Å²) in [4.78, 5) is 4.25. The van der Waals surface area contributed by atoms with E-state index in [0.29, 0.717) is 0 Å². The van der Waals surface area contributed by atoms with Gasteiger partial charge in [0.15, 0.2) is 11.6 Å². The maximum Gasteiger partial charge on any atom is 0.168 e. The van der Waals surface area contributed by atoms with Gasteiger partial charge >= 0.3 is 0 Å². The SMILES string of the molecule is COc1cccnc1NCC1=CCNCC1. The number of nitrogens with zero attached hydrogens (tertiary/aromatic N) is 1. The standard InChI is InChI=1S/C12H17N3O/c1-16-11-3-2-6-14-12(11)15-9-10-4-7-13-8-5-10/h2-4,6,13H,5,7-9H2,1H3,(H,14,15). The van der Waals surface area contributed by atoms with Gasteiger partial charge in [0.05, 0.1) is 7.11 Å². The van der Waals surface area contributed by atoms with Crippen molar-refractivity contribution in [2.24, 2.45) is 0 Å². The van der Waals surface area contributed by atoms with Crippen LogP contribution >= 0.6 is 0 Å². The molecule has 4 nitrogen and oxygen atoms in total. The number of ether oxygens (including phenoxy) is 1. The Morgan fingerprint density at radius 1 is 1.56 bits per heavy atom. The van der Waals surface area contributed by atoms with E-state index in [0.717, 1.165) is 37.6 Å². The minimum atomic E-state index is 0.789. The second-order valence-corrected chi connectivity index (χ2v) is 3.72. The summed E-state index contributed by atoms with van der Waals surface area (Å²) in [7, 11) is 1.66. The van der Waals surface area contributed by atoms with Crippen molar-refractivity contribution in [3.8, 4) is 5.75 Å². The molecule has 0 bridgehead atoms. The van der Waals surface area contributed by atoms with Crippen molar-refractivity contribution in [1.82, 2.24) is 10.3 Å². The molecule has 1 aromatic heterocycles. The van der Waals surface area contributed by atoms with E-state index >= 15 is 0 Å². The number of aromatic nitrogens is 1. The first-order valence-corrected chi connectivity index (χ1v) is 5.51. The lowest BCUT2D eigenvalue weighted by Gasteiger charge is -2.15. The summed E-state index contributed by atoms with van der Waals surface area (Å²) in [6, 6.07) is 3.78. The van der Waals surface area contributed by atoms with Gasteiger partial charge in [0.25, 0.3) is 0 Å². The van der Waals surface area contributed by atoms with Crippen LogP contribution in [0.4, 0.5) is 5.82 Å². The van der Waals surface area contributed by atoms with Crippen LogP contribution in [-0.2, 0) is 0 Å². The normalized spacial score (nSPS) is 15.4. The van der Waals surface area contributed by atoms with E-state index in [1.54, 1.807) is 13.3 Å². The Hall–Kier alpha value is -1.55. The molecule has 0 aliphatic carbocycles. The van der Waals surface area contributed by atoms with Gasteiger partial charge in [-0.2, -0.15) is 0 Å². The molecule has 0 aromatic carbocycles. The van der Waals surface area contributed by atoms with Gasteiger partial charge in [0.1, 0.15) is 0 Å². The number of hydrogen-bond donors (Lipinski definition) is 2. The highest BCUT2D eigenvalue weighted by Crippen LogP contribution is 2.20. The summed E-state index contributed by atoms with van der Waals surface area (Å²) < 4.78 is 5.23. The molecule has 1 aromatic rings. The van der Waals surface area contributed by atoms with Crippen molar-refractivity contribution >= 4 is 5.82 Å². The molecule has 0 atom stereocenters. The minimum absolute atomic E-state index is 0.789. The fourth-order valence-corrected chi connectivity index (χ4v) is 1.72. The predicted octanol–water partition coefficient (Wildman–Crippen LogP) is 1.42. The largest absolute Gasteiger partial charge is 0.493 e. The van der Waals surface area contributed by atoms with Gasteiger partial charge in [0, 0.05) is 19.3 Å². The fraction of sp³-hybridized carbons (Fsp3) is 0.417. The smallest absolute Gasteiger partial charge is 0.168 e. The Kier molecular flexibility index (Phi) is 3.77. The van der Waals surface area contributed by atoms with E-state index in [1.807, 2.05) is 12.1 Å². The van der Waals surface area contributed by atoms with Crippen molar-refractivity contribution in [3.05, 3.63) is 30.0 Å². The van der Waals surface area contributed by atoms with Crippen LogP contribution in [-0.4, -0.2) is 31.7 Å². The molecule has 0 amide bonds. The molecule has 2 N–H and O–H groups in total. The van der Waals surface area contributed by atoms with Gasteiger partial charge in [-0.05, 0) is 25.1 Å². The molecule has 0 radical (unpaired) electrons. The Morgan fingerprint density at radius 2 is 2.50 bits per heavy atom. The van der Waals surface area contributed by atoms with Gasteiger partial charge in [-0.1, -0.05) is 11.6 Å². The molecule has 1 aliphatic heterocycles. The van der Waals surface area contributed by atoms with Crippen LogP contribution in [0.25, 0.3) is 0 Å². The predicted molar refractivity (Wildman–Crippen MR) is 64.8 cm³/mol. The maximum absolute atomic E-state index is 5.23. The number of rotatable bonds is 4. The lowest BCUT2D eigenvalue weighted by molar-refractivity contribution is 0.415. The average Bonchev–Trinajstić information content (AvgIpc) is 2.38. The number of hydrogen-bond acceptors (Lipinski definition) is 4. The fourth-order valence-electron chi connectivity index (χ4n) is 1.72. The highest BCUT2D eigenvalue weighted by atomic mass is 16.5. The Morgan fingerprint density at radius 3 is 3.25 bits per heavy atom. The number of nitrogens with one attached hydrogen (secondary N) is 2. The van der Waals surface area contributed by atoms with E-state index in [9.17, 15) is 0 Å². The van der Waals surface area contributed by atoms with Crippen molar-refractivity contribution in [1.29, 1.82) is 0 Å². The monoisotopic (exact) mass is 219 g/mol. The number of pyridine rings is 1. The molecule has 4 heteroatoms. The third-order valence-electron chi connectivity index (χ3n) is 2.63. The molecular weight excluding hydrogens is 202 g/mol. The minimum Gasteiger partial charge on any atom is -0.493 e. The number of anilines is 1. The van der Waals surface area contributed by atoms with Crippen LogP contribution in [0.15, 0.2) is 30.0 Å². The molecule has 16 heavy (non-hydrogen) atoms. The molecule has 0 fully saturated rings. The van der Waals surface area contributed by atoms with Crippen LogP contribution in [0.2, 0.25) is 0 Å². The lowest BCUT2D eigenvalue weighted by atomic mass is 10.1. The highest BCUT2D eigenvalue weighted by molar-refractivity contribution is 5.50. The molecule has 0 spiro atoms. The molecule has 2 rings (SSSR count). The molecule has 0 unspecified atom stereocenters. The highest BCUT2D eigenvalue weighted by Gasteiger charge is 2.05. The second-order valence-electron chi connectivity index (χ2n) is 3.72. The van der Waals surface area contributed by atoms with Gasteiger partial charge in [-0.15, -0.1) is 0 Å². The topological polar surface area (TPSA) is 46.2 Å². The zero-order valence-corrected chi connectivity index (χ0v) is 9.49. The maximum atomic E-state index is 5.23. The first-order chi connectivity index (χ1) is 7.90.